The van der Waals surface area contributed by atoms with E-state index in [-0.39, 0.29) is 18.5 Å². The number of hydrogen-bond acceptors (Lipinski definition) is 2. The fourth-order valence-corrected chi connectivity index (χ4v) is 0.829. The highest BCUT2D eigenvalue weighted by Gasteiger charge is 2.27. The molecule has 1 fully saturated rings. The van der Waals surface area contributed by atoms with Crippen molar-refractivity contribution in [3.8, 4) is 11.8 Å². The lowest BCUT2D eigenvalue weighted by molar-refractivity contribution is -0.0167. The quantitative estimate of drug-likeness (QED) is 0.470. The molecule has 1 rings (SSSR count). The summed E-state index contributed by atoms with van der Waals surface area (Å²) < 4.78 is 10.6. The lowest BCUT2D eigenvalue weighted by atomic mass is 10.3. The van der Waals surface area contributed by atoms with Crippen molar-refractivity contribution in [2.24, 2.45) is 0 Å². The summed E-state index contributed by atoms with van der Waals surface area (Å²) in [6.45, 7) is 5.75. The second kappa shape index (κ2) is 3.05. The largest absolute Gasteiger partial charge is 0.336 e. The van der Waals surface area contributed by atoms with Gasteiger partial charge in [-0.3, -0.25) is 0 Å². The Morgan fingerprint density at radius 2 is 1.60 bits per heavy atom. The van der Waals surface area contributed by atoms with Crippen LogP contribution in [0, 0.1) is 11.8 Å². The van der Waals surface area contributed by atoms with Gasteiger partial charge in [0.25, 0.3) is 0 Å². The second-order valence-corrected chi connectivity index (χ2v) is 2.41. The summed E-state index contributed by atoms with van der Waals surface area (Å²) in [5.41, 5.74) is 0. The van der Waals surface area contributed by atoms with E-state index < -0.39 is 0 Å². The van der Waals surface area contributed by atoms with E-state index >= 15 is 0 Å². The summed E-state index contributed by atoms with van der Waals surface area (Å²) in [5.74, 6) is 5.56. The van der Waals surface area contributed by atoms with Crippen molar-refractivity contribution >= 4 is 0 Å². The molecule has 1 aliphatic rings. The molecule has 0 N–H and O–H groups in total. The van der Waals surface area contributed by atoms with Gasteiger partial charge in [0.05, 0.1) is 12.2 Å². The zero-order chi connectivity index (χ0) is 7.56. The highest BCUT2D eigenvalue weighted by Crippen LogP contribution is 2.16. The van der Waals surface area contributed by atoms with Gasteiger partial charge in [0.2, 0.25) is 6.29 Å². The van der Waals surface area contributed by atoms with Crippen LogP contribution >= 0.6 is 0 Å². The molecule has 0 amide bonds. The first-order valence-corrected chi connectivity index (χ1v) is 3.47. The standard InChI is InChI=1S/C8H12O2/c1-4-5-8-9-6(2)7(3)10-8/h6-8H,1-3H3. The normalized spacial score (nSPS) is 38.9. The van der Waals surface area contributed by atoms with Crippen molar-refractivity contribution in [3.63, 3.8) is 0 Å². The van der Waals surface area contributed by atoms with E-state index in [2.05, 4.69) is 11.8 Å². The minimum absolute atomic E-state index is 0.172. The minimum atomic E-state index is -0.296. The summed E-state index contributed by atoms with van der Waals surface area (Å²) in [7, 11) is 0. The molecule has 0 aromatic heterocycles. The second-order valence-electron chi connectivity index (χ2n) is 2.41. The molecule has 1 heterocycles. The fourth-order valence-electron chi connectivity index (χ4n) is 0.829. The Morgan fingerprint density at radius 3 is 2.00 bits per heavy atom. The molecule has 0 saturated carbocycles. The van der Waals surface area contributed by atoms with Crippen LogP contribution in [-0.2, 0) is 9.47 Å². The van der Waals surface area contributed by atoms with Gasteiger partial charge in [0.1, 0.15) is 0 Å². The molecule has 0 aromatic rings. The Morgan fingerprint density at radius 1 is 1.10 bits per heavy atom. The van der Waals surface area contributed by atoms with Gasteiger partial charge in [-0.1, -0.05) is 0 Å². The van der Waals surface area contributed by atoms with Crippen LogP contribution in [0.3, 0.4) is 0 Å². The molecular weight excluding hydrogens is 128 g/mol. The predicted molar refractivity (Wildman–Crippen MR) is 38.3 cm³/mol. The van der Waals surface area contributed by atoms with Gasteiger partial charge in [-0.2, -0.15) is 0 Å². The molecule has 0 aromatic carbocycles. The van der Waals surface area contributed by atoms with E-state index in [1.165, 1.54) is 0 Å². The molecule has 2 atom stereocenters. The fraction of sp³-hybridized carbons (Fsp3) is 0.750. The molecule has 2 heteroatoms. The first-order valence-electron chi connectivity index (χ1n) is 3.47. The monoisotopic (exact) mass is 140 g/mol. The summed E-state index contributed by atoms with van der Waals surface area (Å²) in [6, 6.07) is 0. The molecule has 0 aliphatic carbocycles. The van der Waals surface area contributed by atoms with Gasteiger partial charge < -0.3 is 9.47 Å². The van der Waals surface area contributed by atoms with Crippen molar-refractivity contribution in [3.05, 3.63) is 0 Å². The first-order chi connectivity index (χ1) is 4.74. The van der Waals surface area contributed by atoms with Crippen molar-refractivity contribution < 1.29 is 9.47 Å². The summed E-state index contributed by atoms with van der Waals surface area (Å²) in [6.07, 6.45) is 0.0479. The minimum Gasteiger partial charge on any atom is -0.336 e. The van der Waals surface area contributed by atoms with E-state index in [4.69, 9.17) is 9.47 Å². The van der Waals surface area contributed by atoms with Crippen LogP contribution in [0.5, 0.6) is 0 Å². The molecule has 0 radical (unpaired) electrons. The third-order valence-electron chi connectivity index (χ3n) is 1.60. The van der Waals surface area contributed by atoms with Gasteiger partial charge >= 0.3 is 0 Å². The zero-order valence-electron chi connectivity index (χ0n) is 6.55. The molecule has 2 unspecified atom stereocenters. The van der Waals surface area contributed by atoms with E-state index in [0.29, 0.717) is 0 Å². The summed E-state index contributed by atoms with van der Waals surface area (Å²) in [4.78, 5) is 0. The molecule has 1 aliphatic heterocycles. The van der Waals surface area contributed by atoms with Crippen LogP contribution in [0.2, 0.25) is 0 Å². The topological polar surface area (TPSA) is 18.5 Å². The van der Waals surface area contributed by atoms with Gasteiger partial charge in [-0.15, -0.1) is 5.92 Å². The van der Waals surface area contributed by atoms with Gasteiger partial charge in [-0.25, -0.2) is 0 Å². The molecule has 56 valence electrons. The molecule has 0 spiro atoms. The van der Waals surface area contributed by atoms with E-state index in [1.807, 2.05) is 13.8 Å². The van der Waals surface area contributed by atoms with E-state index in [9.17, 15) is 0 Å². The van der Waals surface area contributed by atoms with Crippen molar-refractivity contribution in [1.82, 2.24) is 0 Å². The van der Waals surface area contributed by atoms with E-state index in [1.54, 1.807) is 6.92 Å². The average molecular weight is 140 g/mol. The Labute approximate surface area is 61.5 Å². The molecule has 10 heavy (non-hydrogen) atoms. The Balaban J connectivity index is 2.46. The van der Waals surface area contributed by atoms with Gasteiger partial charge in [0.15, 0.2) is 0 Å². The Kier molecular flexibility index (Phi) is 2.31. The van der Waals surface area contributed by atoms with Crippen LogP contribution in [0.4, 0.5) is 0 Å². The van der Waals surface area contributed by atoms with Crippen LogP contribution in [0.25, 0.3) is 0 Å². The van der Waals surface area contributed by atoms with Crippen LogP contribution in [-0.4, -0.2) is 18.5 Å². The van der Waals surface area contributed by atoms with Crippen molar-refractivity contribution in [2.45, 2.75) is 39.3 Å². The van der Waals surface area contributed by atoms with Crippen molar-refractivity contribution in [1.29, 1.82) is 0 Å². The maximum absolute atomic E-state index is 5.32. The summed E-state index contributed by atoms with van der Waals surface area (Å²) >= 11 is 0. The molecular formula is C8H12O2. The molecule has 0 bridgehead atoms. The van der Waals surface area contributed by atoms with Crippen LogP contribution in [0.15, 0.2) is 0 Å². The highest BCUT2D eigenvalue weighted by atomic mass is 16.7. The molecule has 1 saturated heterocycles. The van der Waals surface area contributed by atoms with Crippen LogP contribution in [0.1, 0.15) is 20.8 Å². The van der Waals surface area contributed by atoms with E-state index in [0.717, 1.165) is 0 Å². The lowest BCUT2D eigenvalue weighted by Gasteiger charge is -2.01. The van der Waals surface area contributed by atoms with Gasteiger partial charge in [0, 0.05) is 0 Å². The predicted octanol–water partition coefficient (Wildman–Crippen LogP) is 1.16. The lowest BCUT2D eigenvalue weighted by Crippen LogP contribution is -2.13. The number of hydrogen-bond donors (Lipinski definition) is 0. The molecule has 2 nitrogen and oxygen atoms in total. The first kappa shape index (κ1) is 7.59. The highest BCUT2D eigenvalue weighted by molar-refractivity contribution is 5.01. The zero-order valence-corrected chi connectivity index (χ0v) is 6.55. The SMILES string of the molecule is CC#CC1OC(C)C(C)O1. The number of ether oxygens (including phenoxy) is 2. The maximum atomic E-state index is 5.32. The Bertz CT molecular complexity index is 156. The third kappa shape index (κ3) is 1.50. The third-order valence-corrected chi connectivity index (χ3v) is 1.60. The number of rotatable bonds is 0. The van der Waals surface area contributed by atoms with Gasteiger partial charge in [-0.05, 0) is 26.7 Å². The maximum Gasteiger partial charge on any atom is 0.223 e. The van der Waals surface area contributed by atoms with Crippen molar-refractivity contribution in [2.75, 3.05) is 0 Å². The van der Waals surface area contributed by atoms with Crippen LogP contribution < -0.4 is 0 Å². The average Bonchev–Trinajstić information content (AvgIpc) is 2.14. The Hall–Kier alpha value is -0.520. The smallest absolute Gasteiger partial charge is 0.223 e. The summed E-state index contributed by atoms with van der Waals surface area (Å²) in [5, 5.41) is 0.